The Morgan fingerprint density at radius 2 is 1.63 bits per heavy atom. The largest absolute Gasteiger partial charge is 0.326 e. The van der Waals surface area contributed by atoms with Gasteiger partial charge >= 0.3 is 0 Å². The van der Waals surface area contributed by atoms with Gasteiger partial charge in [-0.05, 0) is 68.7 Å². The zero-order valence-corrected chi connectivity index (χ0v) is 17.5. The van der Waals surface area contributed by atoms with E-state index in [9.17, 15) is 14.4 Å². The van der Waals surface area contributed by atoms with Crippen LogP contribution in [0.1, 0.15) is 50.5 Å². The molecular weight excluding hydrogens is 378 g/mol. The van der Waals surface area contributed by atoms with Gasteiger partial charge in [-0.25, -0.2) is 0 Å². The first-order chi connectivity index (χ1) is 14.6. The molecule has 1 aromatic carbocycles. The summed E-state index contributed by atoms with van der Waals surface area (Å²) in [7, 11) is 0. The number of para-hydroxylation sites is 1. The molecule has 30 heavy (non-hydrogen) atoms. The number of nitrogens with zero attached hydrogens (tertiary/aromatic N) is 2. The standard InChI is InChI=1S/C24H31N3O3/c28-20(25-19-7-3-2-6-18(19)15-26-11-4-1-5-12-26)10-13-27-23(29)21-16-8-9-17(14-16)22(21)24(27)30/h2-3,6-7,16-17,21-22H,1,4-5,8-15H2,(H,25,28)/t16-,17-,21-,22-/m0/s1. The van der Waals surface area contributed by atoms with E-state index in [0.29, 0.717) is 11.8 Å². The molecule has 0 unspecified atom stereocenters. The molecule has 3 amide bonds. The fourth-order valence-corrected chi connectivity index (χ4v) is 6.26. The number of carbonyl (C=O) groups is 3. The van der Waals surface area contributed by atoms with Crippen LogP contribution in [-0.4, -0.2) is 47.2 Å². The van der Waals surface area contributed by atoms with Gasteiger partial charge in [0.2, 0.25) is 17.7 Å². The highest BCUT2D eigenvalue weighted by atomic mass is 16.2. The fraction of sp³-hybridized carbons (Fsp3) is 0.625. The van der Waals surface area contributed by atoms with Crippen LogP contribution in [0.25, 0.3) is 0 Å². The van der Waals surface area contributed by atoms with Gasteiger partial charge in [0.25, 0.3) is 0 Å². The molecule has 0 radical (unpaired) electrons. The fourth-order valence-electron chi connectivity index (χ4n) is 6.26. The second-order valence-electron chi connectivity index (χ2n) is 9.51. The Balaban J connectivity index is 1.18. The van der Waals surface area contributed by atoms with Crippen LogP contribution in [0, 0.1) is 23.7 Å². The minimum atomic E-state index is -0.137. The van der Waals surface area contributed by atoms with Crippen molar-refractivity contribution in [1.82, 2.24) is 9.80 Å². The number of amides is 3. The van der Waals surface area contributed by atoms with E-state index in [-0.39, 0.29) is 42.5 Å². The monoisotopic (exact) mass is 409 g/mol. The zero-order valence-electron chi connectivity index (χ0n) is 17.5. The number of anilines is 1. The average molecular weight is 410 g/mol. The Labute approximate surface area is 178 Å². The number of imide groups is 1. The highest BCUT2D eigenvalue weighted by Crippen LogP contribution is 2.56. The molecule has 2 saturated carbocycles. The predicted molar refractivity (Wildman–Crippen MR) is 113 cm³/mol. The van der Waals surface area contributed by atoms with Crippen molar-refractivity contribution in [3.8, 4) is 0 Å². The Kier molecular flexibility index (Phi) is 5.35. The van der Waals surface area contributed by atoms with Crippen LogP contribution in [-0.2, 0) is 20.9 Å². The van der Waals surface area contributed by atoms with Crippen LogP contribution in [0.2, 0.25) is 0 Å². The van der Waals surface area contributed by atoms with Gasteiger partial charge < -0.3 is 5.32 Å². The third kappa shape index (κ3) is 3.55. The molecule has 5 rings (SSSR count). The summed E-state index contributed by atoms with van der Waals surface area (Å²) in [6.45, 7) is 3.24. The number of benzene rings is 1. The van der Waals surface area contributed by atoms with Crippen molar-refractivity contribution in [2.45, 2.75) is 51.5 Å². The molecule has 4 fully saturated rings. The second-order valence-corrected chi connectivity index (χ2v) is 9.51. The van der Waals surface area contributed by atoms with E-state index >= 15 is 0 Å². The molecule has 1 aromatic rings. The van der Waals surface area contributed by atoms with Crippen molar-refractivity contribution in [2.24, 2.45) is 23.7 Å². The third-order valence-electron chi connectivity index (χ3n) is 7.72. The summed E-state index contributed by atoms with van der Waals surface area (Å²) in [6, 6.07) is 7.93. The van der Waals surface area contributed by atoms with Crippen molar-refractivity contribution in [3.63, 3.8) is 0 Å². The van der Waals surface area contributed by atoms with Crippen LogP contribution in [0.5, 0.6) is 0 Å². The SMILES string of the molecule is O=C(CCN1C(=O)[C@H]2[C@H]3CC[C@@H](C3)[C@@H]2C1=O)Nc1ccccc1CN1CCCCC1. The summed E-state index contributed by atoms with van der Waals surface area (Å²) in [5.74, 6) is 0.357. The maximum Gasteiger partial charge on any atom is 0.233 e. The van der Waals surface area contributed by atoms with Gasteiger partial charge in [-0.2, -0.15) is 0 Å². The number of nitrogens with one attached hydrogen (secondary N) is 1. The number of fused-ring (bicyclic) bond motifs is 5. The van der Waals surface area contributed by atoms with E-state index in [1.54, 1.807) is 0 Å². The second kappa shape index (κ2) is 8.14. The number of hydrogen-bond acceptors (Lipinski definition) is 4. The quantitative estimate of drug-likeness (QED) is 0.734. The van der Waals surface area contributed by atoms with E-state index in [1.807, 2.05) is 18.2 Å². The number of rotatable bonds is 6. The highest BCUT2D eigenvalue weighted by molar-refractivity contribution is 6.06. The lowest BCUT2D eigenvalue weighted by Gasteiger charge is -2.27. The maximum atomic E-state index is 12.8. The molecule has 2 aliphatic carbocycles. The molecule has 6 nitrogen and oxygen atoms in total. The topological polar surface area (TPSA) is 69.7 Å². The van der Waals surface area contributed by atoms with E-state index in [0.717, 1.165) is 50.1 Å². The first-order valence-electron chi connectivity index (χ1n) is 11.6. The lowest BCUT2D eigenvalue weighted by atomic mass is 9.81. The minimum absolute atomic E-state index is 0.0319. The van der Waals surface area contributed by atoms with E-state index in [1.165, 1.54) is 24.2 Å². The summed E-state index contributed by atoms with van der Waals surface area (Å²) in [5, 5.41) is 3.02. The molecule has 160 valence electrons. The van der Waals surface area contributed by atoms with Crippen LogP contribution < -0.4 is 5.32 Å². The summed E-state index contributed by atoms with van der Waals surface area (Å²) < 4.78 is 0. The molecule has 6 heteroatoms. The minimum Gasteiger partial charge on any atom is -0.326 e. The van der Waals surface area contributed by atoms with Gasteiger partial charge in [0.15, 0.2) is 0 Å². The lowest BCUT2D eigenvalue weighted by Crippen LogP contribution is -2.35. The summed E-state index contributed by atoms with van der Waals surface area (Å²) in [4.78, 5) is 42.1. The van der Waals surface area contributed by atoms with E-state index in [4.69, 9.17) is 0 Å². The smallest absolute Gasteiger partial charge is 0.233 e. The predicted octanol–water partition coefficient (Wildman–Crippen LogP) is 3.03. The Hall–Kier alpha value is -2.21. The van der Waals surface area contributed by atoms with Gasteiger partial charge in [-0.3, -0.25) is 24.2 Å². The summed E-state index contributed by atoms with van der Waals surface area (Å²) >= 11 is 0. The van der Waals surface area contributed by atoms with Crippen LogP contribution in [0.3, 0.4) is 0 Å². The Morgan fingerprint density at radius 1 is 0.967 bits per heavy atom. The Bertz CT molecular complexity index is 820. The van der Waals surface area contributed by atoms with Gasteiger partial charge in [-0.15, -0.1) is 0 Å². The number of carbonyl (C=O) groups excluding carboxylic acids is 3. The normalized spacial score (nSPS) is 30.7. The van der Waals surface area contributed by atoms with Crippen molar-refractivity contribution in [2.75, 3.05) is 25.0 Å². The average Bonchev–Trinajstić information content (AvgIpc) is 3.43. The van der Waals surface area contributed by atoms with Crippen molar-refractivity contribution >= 4 is 23.4 Å². The molecule has 4 aliphatic rings. The van der Waals surface area contributed by atoms with Crippen LogP contribution in [0.4, 0.5) is 5.69 Å². The van der Waals surface area contributed by atoms with Crippen LogP contribution >= 0.6 is 0 Å². The van der Waals surface area contributed by atoms with Gasteiger partial charge in [-0.1, -0.05) is 24.6 Å². The molecular formula is C24H31N3O3. The molecule has 0 aromatic heterocycles. The van der Waals surface area contributed by atoms with Crippen LogP contribution in [0.15, 0.2) is 24.3 Å². The maximum absolute atomic E-state index is 12.8. The third-order valence-corrected chi connectivity index (χ3v) is 7.72. The number of piperidine rings is 1. The number of hydrogen-bond donors (Lipinski definition) is 1. The zero-order chi connectivity index (χ0) is 20.7. The molecule has 2 bridgehead atoms. The van der Waals surface area contributed by atoms with Gasteiger partial charge in [0.1, 0.15) is 0 Å². The summed E-state index contributed by atoms with van der Waals surface area (Å²) in [5.41, 5.74) is 1.95. The number of likely N-dealkylation sites (tertiary alicyclic amines) is 2. The first-order valence-corrected chi connectivity index (χ1v) is 11.6. The van der Waals surface area contributed by atoms with Crippen molar-refractivity contribution in [1.29, 1.82) is 0 Å². The molecule has 0 spiro atoms. The van der Waals surface area contributed by atoms with Gasteiger partial charge in [0, 0.05) is 25.2 Å². The molecule has 2 saturated heterocycles. The highest BCUT2D eigenvalue weighted by Gasteiger charge is 2.60. The van der Waals surface area contributed by atoms with E-state index < -0.39 is 0 Å². The van der Waals surface area contributed by atoms with Crippen molar-refractivity contribution < 1.29 is 14.4 Å². The lowest BCUT2D eigenvalue weighted by molar-refractivity contribution is -0.140. The molecule has 2 aliphatic heterocycles. The van der Waals surface area contributed by atoms with Gasteiger partial charge in [0.05, 0.1) is 11.8 Å². The van der Waals surface area contributed by atoms with E-state index in [2.05, 4.69) is 16.3 Å². The molecule has 1 N–H and O–H groups in total. The van der Waals surface area contributed by atoms with Crippen molar-refractivity contribution in [3.05, 3.63) is 29.8 Å². The molecule has 2 heterocycles. The Morgan fingerprint density at radius 3 is 2.33 bits per heavy atom. The first kappa shape index (κ1) is 19.7. The summed E-state index contributed by atoms with van der Waals surface area (Å²) in [6.07, 6.45) is 7.11. The molecule has 4 atom stereocenters.